The van der Waals surface area contributed by atoms with Gasteiger partial charge >= 0.3 is 17.9 Å². The first-order valence-electron chi connectivity index (χ1n) is 17.1. The molecule has 0 spiro atoms. The summed E-state index contributed by atoms with van der Waals surface area (Å²) in [5, 5.41) is 0. The van der Waals surface area contributed by atoms with Crippen molar-refractivity contribution in [2.75, 3.05) is 32.8 Å². The van der Waals surface area contributed by atoms with Crippen LogP contribution in [0.25, 0.3) is 33.7 Å². The Morgan fingerprint density at radius 2 is 1.65 bits per heavy atom. The topological polar surface area (TPSA) is 130 Å². The predicted octanol–water partition coefficient (Wildman–Crippen LogP) is 0.589. The van der Waals surface area contributed by atoms with Gasteiger partial charge in [0.05, 0.1) is 30.9 Å². The van der Waals surface area contributed by atoms with Crippen LogP contribution >= 0.6 is 0 Å². The monoisotopic (exact) mass is 720 g/mol. The molecule has 0 N–H and O–H groups in total. The quantitative estimate of drug-likeness (QED) is 0.120. The van der Waals surface area contributed by atoms with Gasteiger partial charge in [0.15, 0.2) is 23.6 Å². The summed E-state index contributed by atoms with van der Waals surface area (Å²) in [4.78, 5) is 54.4. The van der Waals surface area contributed by atoms with Crippen LogP contribution in [0, 0.1) is 5.82 Å². The minimum atomic E-state index is -0.605. The summed E-state index contributed by atoms with van der Waals surface area (Å²) in [6.07, 6.45) is 9.67. The molecule has 1 saturated heterocycles. The summed E-state index contributed by atoms with van der Waals surface area (Å²) in [6, 6.07) is 10.2. The van der Waals surface area contributed by atoms with Gasteiger partial charge in [-0.3, -0.25) is 23.6 Å². The summed E-state index contributed by atoms with van der Waals surface area (Å²) in [5.41, 5.74) is 2.80. The SMILES string of the molecule is CCCn1c(=O)n(CCCC(=O)OC(C)[n+]2ccc(-c3c(-c4ccc(F)cc4)ncn3CCCN3CCOCC3)cc2)c(=O)c2nccnc21.[Cl-]. The van der Waals surface area contributed by atoms with E-state index < -0.39 is 23.4 Å². The van der Waals surface area contributed by atoms with Crippen molar-refractivity contribution in [2.24, 2.45) is 0 Å². The zero-order valence-electron chi connectivity index (χ0n) is 28.8. The Balaban J connectivity index is 0.00000504. The van der Waals surface area contributed by atoms with Crippen molar-refractivity contribution in [1.29, 1.82) is 0 Å². The number of halogens is 2. The summed E-state index contributed by atoms with van der Waals surface area (Å²) < 4.78 is 31.4. The van der Waals surface area contributed by atoms with Crippen molar-refractivity contribution in [1.82, 2.24) is 33.6 Å². The molecule has 15 heteroatoms. The Labute approximate surface area is 300 Å². The van der Waals surface area contributed by atoms with Crippen molar-refractivity contribution in [3.05, 3.63) is 94.2 Å². The molecule has 5 heterocycles. The number of nitrogens with zero attached hydrogens (tertiary/aromatic N) is 8. The van der Waals surface area contributed by atoms with Crippen LogP contribution in [0.1, 0.15) is 45.8 Å². The van der Waals surface area contributed by atoms with Crippen LogP contribution in [-0.4, -0.2) is 72.4 Å². The van der Waals surface area contributed by atoms with E-state index in [9.17, 15) is 18.8 Å². The molecule has 1 aromatic carbocycles. The highest BCUT2D eigenvalue weighted by Gasteiger charge is 2.21. The van der Waals surface area contributed by atoms with Crippen LogP contribution in [0.3, 0.4) is 0 Å². The van der Waals surface area contributed by atoms with Crippen LogP contribution in [0.15, 0.2) is 77.1 Å². The lowest BCUT2D eigenvalue weighted by molar-refractivity contribution is -0.753. The Morgan fingerprint density at radius 1 is 0.922 bits per heavy atom. The van der Waals surface area contributed by atoms with Gasteiger partial charge in [-0.05, 0) is 43.5 Å². The Bertz CT molecular complexity index is 2040. The summed E-state index contributed by atoms with van der Waals surface area (Å²) in [7, 11) is 0. The number of esters is 1. The molecule has 0 radical (unpaired) electrons. The fraction of sp³-hybridized carbons (Fsp3) is 0.417. The van der Waals surface area contributed by atoms with Gasteiger partial charge in [0.2, 0.25) is 0 Å². The van der Waals surface area contributed by atoms with Crippen molar-refractivity contribution in [2.45, 2.75) is 65.4 Å². The second-order valence-corrected chi connectivity index (χ2v) is 12.3. The molecule has 1 atom stereocenters. The average Bonchev–Trinajstić information content (AvgIpc) is 3.56. The largest absolute Gasteiger partial charge is 1.00 e. The molecule has 0 saturated carbocycles. The standard InChI is InChI=1S/C36H42FN8O5.ClH/c1-3-15-44-34-32(38-13-14-39-34)35(47)45(36(44)48)18-4-6-30(46)50-26(2)42-19-11-28(12-20-42)33-31(27-7-9-29(37)10-8-27)40-25-43(33)17-5-16-41-21-23-49-24-22-41;/h7-14,19-20,25-26H,3-6,15-18,21-24H2,1-2H3;1H/q+1;/p-1. The summed E-state index contributed by atoms with van der Waals surface area (Å²) in [6.45, 7) is 9.24. The number of aromatic nitrogens is 7. The van der Waals surface area contributed by atoms with Crippen LogP contribution in [-0.2, 0) is 33.9 Å². The van der Waals surface area contributed by atoms with Gasteiger partial charge in [-0.25, -0.2) is 24.1 Å². The number of carbonyl (C=O) groups is 1. The molecule has 0 amide bonds. The molecule has 1 fully saturated rings. The maximum absolute atomic E-state index is 13.7. The molecule has 270 valence electrons. The highest BCUT2D eigenvalue weighted by atomic mass is 35.5. The van der Waals surface area contributed by atoms with E-state index in [4.69, 9.17) is 14.5 Å². The number of rotatable bonds is 14. The number of morpholine rings is 1. The van der Waals surface area contributed by atoms with Crippen molar-refractivity contribution >= 4 is 17.1 Å². The fourth-order valence-electron chi connectivity index (χ4n) is 6.25. The maximum Gasteiger partial charge on any atom is 0.332 e. The van der Waals surface area contributed by atoms with Gasteiger partial charge in [-0.2, -0.15) is 4.57 Å². The molecule has 0 bridgehead atoms. The van der Waals surface area contributed by atoms with E-state index >= 15 is 0 Å². The zero-order valence-corrected chi connectivity index (χ0v) is 29.5. The second kappa shape index (κ2) is 17.4. The van der Waals surface area contributed by atoms with Gasteiger partial charge in [0, 0.05) is 88.3 Å². The lowest BCUT2D eigenvalue weighted by atomic mass is 10.1. The lowest BCUT2D eigenvalue weighted by Crippen LogP contribution is -3.00. The van der Waals surface area contributed by atoms with Crippen molar-refractivity contribution in [3.8, 4) is 22.5 Å². The van der Waals surface area contributed by atoms with Crippen molar-refractivity contribution in [3.63, 3.8) is 0 Å². The predicted molar refractivity (Wildman–Crippen MR) is 184 cm³/mol. The van der Waals surface area contributed by atoms with Gasteiger partial charge in [-0.15, -0.1) is 0 Å². The van der Waals surface area contributed by atoms with Crippen molar-refractivity contribution < 1.29 is 35.6 Å². The van der Waals surface area contributed by atoms with E-state index in [1.54, 1.807) is 23.6 Å². The van der Waals surface area contributed by atoms with Crippen LogP contribution < -0.4 is 28.2 Å². The third-order valence-electron chi connectivity index (χ3n) is 8.83. The van der Waals surface area contributed by atoms with Crippen LogP contribution in [0.2, 0.25) is 0 Å². The third kappa shape index (κ3) is 8.75. The molecule has 1 aliphatic heterocycles. The van der Waals surface area contributed by atoms with Crippen LogP contribution in [0.5, 0.6) is 0 Å². The first-order valence-corrected chi connectivity index (χ1v) is 17.1. The first kappa shape index (κ1) is 37.5. The highest BCUT2D eigenvalue weighted by molar-refractivity contribution is 5.78. The van der Waals surface area contributed by atoms with E-state index in [-0.39, 0.29) is 48.8 Å². The first-order chi connectivity index (χ1) is 24.3. The number of pyridine rings is 1. The van der Waals surface area contributed by atoms with E-state index in [1.807, 2.05) is 37.8 Å². The maximum atomic E-state index is 13.7. The van der Waals surface area contributed by atoms with Gasteiger partial charge in [0.25, 0.3) is 5.56 Å². The molecular weight excluding hydrogens is 679 g/mol. The zero-order chi connectivity index (χ0) is 35.0. The van der Waals surface area contributed by atoms with Crippen LogP contribution in [0.4, 0.5) is 4.39 Å². The minimum absolute atomic E-state index is 0. The number of hydrogen-bond donors (Lipinski definition) is 0. The molecule has 1 unspecified atom stereocenters. The van der Waals surface area contributed by atoms with Gasteiger partial charge < -0.3 is 26.4 Å². The number of aryl methyl sites for hydroxylation is 2. The number of ether oxygens (including phenoxy) is 2. The molecule has 13 nitrogen and oxygen atoms in total. The normalized spacial score (nSPS) is 13.9. The molecule has 4 aromatic heterocycles. The highest BCUT2D eigenvalue weighted by Crippen LogP contribution is 2.31. The number of imidazole rings is 1. The Morgan fingerprint density at radius 3 is 2.37 bits per heavy atom. The number of carbonyl (C=O) groups excluding carboxylic acids is 1. The molecule has 5 aromatic rings. The lowest BCUT2D eigenvalue weighted by Gasteiger charge is -2.26. The summed E-state index contributed by atoms with van der Waals surface area (Å²) in [5.74, 6) is -0.759. The second-order valence-electron chi connectivity index (χ2n) is 12.3. The van der Waals surface area contributed by atoms with Gasteiger partial charge in [-0.1, -0.05) is 6.92 Å². The summed E-state index contributed by atoms with van der Waals surface area (Å²) >= 11 is 0. The Kier molecular flexibility index (Phi) is 12.8. The number of fused-ring (bicyclic) bond motifs is 1. The smallest absolute Gasteiger partial charge is 0.332 e. The number of benzene rings is 1. The number of hydrogen-bond acceptors (Lipinski definition) is 9. The average molecular weight is 721 g/mol. The molecular formula is C36H42ClFN8O5. The molecule has 1 aliphatic rings. The molecule has 6 rings (SSSR count). The van der Waals surface area contributed by atoms with E-state index in [2.05, 4.69) is 19.4 Å². The van der Waals surface area contributed by atoms with E-state index in [1.165, 1.54) is 29.1 Å². The fourth-order valence-corrected chi connectivity index (χ4v) is 6.25. The van der Waals surface area contributed by atoms with E-state index in [0.29, 0.717) is 13.0 Å². The Hall–Kier alpha value is -4.79. The molecule has 0 aliphatic carbocycles. The third-order valence-corrected chi connectivity index (χ3v) is 8.83. The van der Waals surface area contributed by atoms with Gasteiger partial charge in [0.1, 0.15) is 5.82 Å². The minimum Gasteiger partial charge on any atom is -1.00 e. The van der Waals surface area contributed by atoms with E-state index in [0.717, 1.165) is 72.9 Å². The molecule has 51 heavy (non-hydrogen) atoms.